The Morgan fingerprint density at radius 2 is 2.04 bits per heavy atom. The number of aromatic nitrogens is 1. The van der Waals surface area contributed by atoms with Crippen LogP contribution in [0.2, 0.25) is 0 Å². The Morgan fingerprint density at radius 1 is 1.26 bits per heavy atom. The van der Waals surface area contributed by atoms with Gasteiger partial charge in [-0.3, -0.25) is 10.2 Å². The quantitative estimate of drug-likeness (QED) is 0.938. The van der Waals surface area contributed by atoms with E-state index in [1.165, 1.54) is 5.01 Å². The third kappa shape index (κ3) is 3.12. The number of benzene rings is 1. The number of nitrogens with one attached hydrogen (secondary N) is 1. The smallest absolute Gasteiger partial charge is 0.246 e. The van der Waals surface area contributed by atoms with Crippen molar-refractivity contribution >= 4 is 35.7 Å². The molecule has 1 aromatic carbocycles. The van der Waals surface area contributed by atoms with Crippen LogP contribution in [0.25, 0.3) is 0 Å². The molecule has 7 heteroatoms. The van der Waals surface area contributed by atoms with Crippen molar-refractivity contribution in [2.24, 2.45) is 4.99 Å². The van der Waals surface area contributed by atoms with Gasteiger partial charge in [0, 0.05) is 12.6 Å². The number of fused-ring (bicyclic) bond motifs is 1. The highest BCUT2D eigenvalue weighted by Crippen LogP contribution is 2.30. The molecule has 2 heterocycles. The van der Waals surface area contributed by atoms with E-state index in [0.29, 0.717) is 29.5 Å². The highest BCUT2D eigenvalue weighted by atomic mass is 35.5. The molecule has 2 aromatic rings. The Bertz CT molecular complexity index is 748. The van der Waals surface area contributed by atoms with Crippen molar-refractivity contribution in [3.8, 4) is 5.75 Å². The van der Waals surface area contributed by atoms with E-state index in [-0.39, 0.29) is 18.3 Å². The van der Waals surface area contributed by atoms with Gasteiger partial charge in [0.15, 0.2) is 11.7 Å². The Balaban J connectivity index is 0.00000192. The number of nitrogens with zero attached hydrogens (tertiary/aromatic N) is 3. The van der Waals surface area contributed by atoms with Crippen LogP contribution < -0.4 is 15.2 Å². The standard InChI is InChI=1S/C16H16N4O2.ClH/c1-3-14(21)20-16-12(8-6-10-17-16)18-15(19-20)11-7-4-5-9-13(11)22-2;/h4-10H,3H2,1-2H3,(H,18,19);1H. The van der Waals surface area contributed by atoms with Crippen molar-refractivity contribution in [3.05, 3.63) is 48.2 Å². The normalized spacial score (nSPS) is 12.4. The molecule has 0 saturated carbocycles. The molecule has 0 bridgehead atoms. The van der Waals surface area contributed by atoms with E-state index in [1.807, 2.05) is 30.3 Å². The van der Waals surface area contributed by atoms with Gasteiger partial charge < -0.3 is 4.74 Å². The summed E-state index contributed by atoms with van der Waals surface area (Å²) < 4.78 is 5.37. The Hall–Kier alpha value is -2.60. The molecular weight excluding hydrogens is 316 g/mol. The molecule has 0 fully saturated rings. The molecule has 0 aliphatic carbocycles. The summed E-state index contributed by atoms with van der Waals surface area (Å²) in [4.78, 5) is 21.0. The molecule has 0 atom stereocenters. The van der Waals surface area contributed by atoms with Crippen LogP contribution in [0.1, 0.15) is 18.9 Å². The number of aliphatic imine (C=N–C) groups is 1. The van der Waals surface area contributed by atoms with Crippen LogP contribution in [-0.2, 0) is 4.79 Å². The van der Waals surface area contributed by atoms with Gasteiger partial charge in [0.25, 0.3) is 0 Å². The first-order chi connectivity index (χ1) is 10.7. The molecule has 0 radical (unpaired) electrons. The zero-order valence-electron chi connectivity index (χ0n) is 12.8. The second-order valence-corrected chi connectivity index (χ2v) is 4.70. The number of carbonyl (C=O) groups excluding carboxylic acids is 1. The van der Waals surface area contributed by atoms with E-state index < -0.39 is 0 Å². The number of hydrogen-bond donors (Lipinski definition) is 1. The minimum Gasteiger partial charge on any atom is -0.496 e. The molecule has 1 N–H and O–H groups in total. The number of methoxy groups -OCH3 is 1. The SMILES string of the molecule is CCC(=O)N1NC(c2ccccc2OC)=Nc2cccnc21.Cl. The number of anilines is 1. The van der Waals surface area contributed by atoms with Gasteiger partial charge in [0.2, 0.25) is 5.91 Å². The van der Waals surface area contributed by atoms with Gasteiger partial charge in [0.1, 0.15) is 11.4 Å². The molecule has 0 unspecified atom stereocenters. The van der Waals surface area contributed by atoms with Crippen LogP contribution in [0.3, 0.4) is 0 Å². The van der Waals surface area contributed by atoms with E-state index in [1.54, 1.807) is 26.3 Å². The number of hydrogen-bond acceptors (Lipinski definition) is 5. The van der Waals surface area contributed by atoms with Crippen LogP contribution in [-0.4, -0.2) is 23.8 Å². The molecule has 1 amide bonds. The molecule has 1 aromatic heterocycles. The maximum Gasteiger partial charge on any atom is 0.246 e. The monoisotopic (exact) mass is 332 g/mol. The molecule has 3 rings (SSSR count). The summed E-state index contributed by atoms with van der Waals surface area (Å²) in [5, 5.41) is 1.43. The highest BCUT2D eigenvalue weighted by Gasteiger charge is 2.26. The molecule has 120 valence electrons. The fourth-order valence-corrected chi connectivity index (χ4v) is 2.25. The lowest BCUT2D eigenvalue weighted by Crippen LogP contribution is -2.48. The third-order valence-corrected chi connectivity index (χ3v) is 3.34. The average molecular weight is 333 g/mol. The summed E-state index contributed by atoms with van der Waals surface area (Å²) in [5.41, 5.74) is 4.47. The number of para-hydroxylation sites is 1. The highest BCUT2D eigenvalue weighted by molar-refractivity contribution is 6.09. The van der Waals surface area contributed by atoms with Crippen molar-refractivity contribution < 1.29 is 9.53 Å². The van der Waals surface area contributed by atoms with Gasteiger partial charge >= 0.3 is 0 Å². The average Bonchev–Trinajstić information content (AvgIpc) is 2.60. The topological polar surface area (TPSA) is 66.8 Å². The van der Waals surface area contributed by atoms with Crippen LogP contribution in [0, 0.1) is 0 Å². The van der Waals surface area contributed by atoms with Crippen LogP contribution in [0.4, 0.5) is 11.5 Å². The van der Waals surface area contributed by atoms with Crippen molar-refractivity contribution in [2.75, 3.05) is 12.1 Å². The number of ether oxygens (including phenoxy) is 1. The van der Waals surface area contributed by atoms with E-state index in [0.717, 1.165) is 5.56 Å². The minimum absolute atomic E-state index is 0. The van der Waals surface area contributed by atoms with E-state index in [4.69, 9.17) is 4.74 Å². The Kier molecular flexibility index (Phi) is 5.18. The first kappa shape index (κ1) is 16.8. The van der Waals surface area contributed by atoms with Crippen molar-refractivity contribution in [2.45, 2.75) is 13.3 Å². The van der Waals surface area contributed by atoms with Gasteiger partial charge in [-0.25, -0.2) is 15.0 Å². The number of carbonyl (C=O) groups is 1. The summed E-state index contributed by atoms with van der Waals surface area (Å²) in [7, 11) is 1.60. The van der Waals surface area contributed by atoms with Gasteiger partial charge in [-0.15, -0.1) is 12.4 Å². The fraction of sp³-hybridized carbons (Fsp3) is 0.188. The van der Waals surface area contributed by atoms with Crippen LogP contribution in [0.5, 0.6) is 5.75 Å². The third-order valence-electron chi connectivity index (χ3n) is 3.34. The maximum atomic E-state index is 12.2. The first-order valence-corrected chi connectivity index (χ1v) is 7.01. The number of amides is 1. The molecule has 1 aliphatic rings. The number of amidine groups is 1. The molecule has 0 spiro atoms. The van der Waals surface area contributed by atoms with Crippen LogP contribution >= 0.6 is 12.4 Å². The lowest BCUT2D eigenvalue weighted by Gasteiger charge is -2.29. The molecule has 1 aliphatic heterocycles. The van der Waals surface area contributed by atoms with Gasteiger partial charge in [-0.05, 0) is 24.3 Å². The fourth-order valence-electron chi connectivity index (χ4n) is 2.25. The second kappa shape index (κ2) is 7.11. The van der Waals surface area contributed by atoms with Crippen molar-refractivity contribution in [1.29, 1.82) is 0 Å². The summed E-state index contributed by atoms with van der Waals surface area (Å²) in [5.74, 6) is 1.67. The Labute approximate surface area is 140 Å². The van der Waals surface area contributed by atoms with E-state index >= 15 is 0 Å². The number of pyridine rings is 1. The first-order valence-electron chi connectivity index (χ1n) is 7.01. The number of rotatable bonds is 3. The van der Waals surface area contributed by atoms with Gasteiger partial charge in [0.05, 0.1) is 12.7 Å². The van der Waals surface area contributed by atoms with Crippen molar-refractivity contribution in [1.82, 2.24) is 10.4 Å². The second-order valence-electron chi connectivity index (χ2n) is 4.70. The van der Waals surface area contributed by atoms with Crippen molar-refractivity contribution in [3.63, 3.8) is 0 Å². The lowest BCUT2D eigenvalue weighted by molar-refractivity contribution is -0.118. The predicted octanol–water partition coefficient (Wildman–Crippen LogP) is 2.85. The predicted molar refractivity (Wildman–Crippen MR) is 91.6 cm³/mol. The number of halogens is 1. The largest absolute Gasteiger partial charge is 0.496 e. The van der Waals surface area contributed by atoms with E-state index in [9.17, 15) is 4.79 Å². The minimum atomic E-state index is -0.0813. The molecular formula is C16H17ClN4O2. The maximum absolute atomic E-state index is 12.2. The van der Waals surface area contributed by atoms with Crippen LogP contribution in [0.15, 0.2) is 47.6 Å². The van der Waals surface area contributed by atoms with Gasteiger partial charge in [-0.2, -0.15) is 0 Å². The zero-order valence-corrected chi connectivity index (χ0v) is 13.6. The molecule has 0 saturated heterocycles. The van der Waals surface area contributed by atoms with Gasteiger partial charge in [-0.1, -0.05) is 19.1 Å². The summed E-state index contributed by atoms with van der Waals surface area (Å²) in [6.45, 7) is 1.81. The van der Waals surface area contributed by atoms with E-state index in [2.05, 4.69) is 15.4 Å². The number of hydrazine groups is 1. The zero-order chi connectivity index (χ0) is 15.5. The summed E-state index contributed by atoms with van der Waals surface area (Å²) >= 11 is 0. The molecule has 23 heavy (non-hydrogen) atoms. The lowest BCUT2D eigenvalue weighted by atomic mass is 10.1. The summed E-state index contributed by atoms with van der Waals surface area (Å²) in [6.07, 6.45) is 2.00. The molecule has 6 nitrogen and oxygen atoms in total. The Morgan fingerprint density at radius 3 is 2.78 bits per heavy atom. The summed E-state index contributed by atoms with van der Waals surface area (Å²) in [6, 6.07) is 11.1.